The van der Waals surface area contributed by atoms with Crippen molar-refractivity contribution in [3.8, 4) is 0 Å². The first-order chi connectivity index (χ1) is 11.8. The number of carbonyl (C=O) groups excluding carboxylic acids is 1. The molecule has 6 heteroatoms. The first-order valence-electron chi connectivity index (χ1n) is 8.26. The lowest BCUT2D eigenvalue weighted by atomic mass is 10.2. The monoisotopic (exact) mass is 326 g/mol. The van der Waals surface area contributed by atoms with Crippen LogP contribution in [0, 0.1) is 0 Å². The van der Waals surface area contributed by atoms with Crippen LogP contribution in [-0.4, -0.2) is 53.6 Å². The van der Waals surface area contributed by atoms with Crippen molar-refractivity contribution in [2.45, 2.75) is 13.5 Å². The molecular formula is C18H22N4O2. The quantitative estimate of drug-likeness (QED) is 0.841. The maximum atomic E-state index is 12.8. The Morgan fingerprint density at radius 3 is 2.67 bits per heavy atom. The van der Waals surface area contributed by atoms with E-state index >= 15 is 0 Å². The number of morpholine rings is 1. The van der Waals surface area contributed by atoms with E-state index in [0.29, 0.717) is 32.0 Å². The van der Waals surface area contributed by atoms with Crippen LogP contribution in [0.5, 0.6) is 0 Å². The van der Waals surface area contributed by atoms with E-state index in [2.05, 4.69) is 14.9 Å². The van der Waals surface area contributed by atoms with Gasteiger partial charge in [0.1, 0.15) is 17.8 Å². The van der Waals surface area contributed by atoms with Gasteiger partial charge < -0.3 is 14.5 Å². The van der Waals surface area contributed by atoms with E-state index in [1.165, 1.54) is 6.33 Å². The average molecular weight is 326 g/mol. The highest BCUT2D eigenvalue weighted by atomic mass is 16.5. The van der Waals surface area contributed by atoms with Gasteiger partial charge in [-0.25, -0.2) is 9.97 Å². The van der Waals surface area contributed by atoms with E-state index in [1.54, 1.807) is 11.0 Å². The number of anilines is 1. The lowest BCUT2D eigenvalue weighted by Crippen LogP contribution is -2.37. The predicted octanol–water partition coefficient (Wildman–Crippen LogP) is 1.98. The van der Waals surface area contributed by atoms with Gasteiger partial charge in [0.25, 0.3) is 5.91 Å². The lowest BCUT2D eigenvalue weighted by Gasteiger charge is -2.28. The van der Waals surface area contributed by atoms with Crippen molar-refractivity contribution in [1.82, 2.24) is 14.9 Å². The molecule has 0 saturated carbocycles. The van der Waals surface area contributed by atoms with Crippen LogP contribution < -0.4 is 4.90 Å². The summed E-state index contributed by atoms with van der Waals surface area (Å²) in [5, 5.41) is 0. The van der Waals surface area contributed by atoms with Gasteiger partial charge in [0.15, 0.2) is 0 Å². The Morgan fingerprint density at radius 1 is 1.21 bits per heavy atom. The molecule has 0 atom stereocenters. The Balaban J connectivity index is 1.75. The van der Waals surface area contributed by atoms with E-state index in [4.69, 9.17) is 4.74 Å². The smallest absolute Gasteiger partial charge is 0.272 e. The molecule has 1 aliphatic rings. The average Bonchev–Trinajstić information content (AvgIpc) is 2.67. The van der Waals surface area contributed by atoms with Crippen LogP contribution in [0.15, 0.2) is 42.7 Å². The predicted molar refractivity (Wildman–Crippen MR) is 91.9 cm³/mol. The molecule has 0 bridgehead atoms. The van der Waals surface area contributed by atoms with Crippen LogP contribution in [0.4, 0.5) is 5.82 Å². The number of hydrogen-bond acceptors (Lipinski definition) is 5. The van der Waals surface area contributed by atoms with Gasteiger partial charge in [-0.1, -0.05) is 30.3 Å². The first kappa shape index (κ1) is 16.4. The van der Waals surface area contributed by atoms with E-state index in [0.717, 1.165) is 24.5 Å². The van der Waals surface area contributed by atoms with E-state index in [9.17, 15) is 4.79 Å². The van der Waals surface area contributed by atoms with E-state index in [1.807, 2.05) is 37.3 Å². The van der Waals surface area contributed by atoms with Crippen LogP contribution in [0.25, 0.3) is 0 Å². The molecule has 0 N–H and O–H groups in total. The van der Waals surface area contributed by atoms with Gasteiger partial charge in [0, 0.05) is 32.2 Å². The maximum Gasteiger partial charge on any atom is 0.272 e. The molecule has 2 aromatic rings. The number of ether oxygens (including phenoxy) is 1. The molecule has 1 fully saturated rings. The highest BCUT2D eigenvalue weighted by Crippen LogP contribution is 2.15. The van der Waals surface area contributed by atoms with E-state index in [-0.39, 0.29) is 5.91 Å². The summed E-state index contributed by atoms with van der Waals surface area (Å²) >= 11 is 0. The zero-order valence-electron chi connectivity index (χ0n) is 13.9. The minimum absolute atomic E-state index is 0.0711. The molecule has 1 aliphatic heterocycles. The number of amides is 1. The molecule has 0 unspecified atom stereocenters. The Morgan fingerprint density at radius 2 is 1.96 bits per heavy atom. The third-order valence-electron chi connectivity index (χ3n) is 4.09. The van der Waals surface area contributed by atoms with Crippen LogP contribution in [-0.2, 0) is 11.3 Å². The highest BCUT2D eigenvalue weighted by molar-refractivity contribution is 5.92. The SMILES string of the molecule is CCN(Cc1ccccc1)C(=O)c1cc(N2CCOCC2)ncn1. The summed E-state index contributed by atoms with van der Waals surface area (Å²) in [7, 11) is 0. The van der Waals surface area contributed by atoms with Crippen LogP contribution >= 0.6 is 0 Å². The molecular weight excluding hydrogens is 304 g/mol. The lowest BCUT2D eigenvalue weighted by molar-refractivity contribution is 0.0746. The number of hydrogen-bond donors (Lipinski definition) is 0. The fourth-order valence-electron chi connectivity index (χ4n) is 2.72. The van der Waals surface area contributed by atoms with Crippen molar-refractivity contribution in [3.63, 3.8) is 0 Å². The van der Waals surface area contributed by atoms with Gasteiger partial charge in [0.05, 0.1) is 13.2 Å². The van der Waals surface area contributed by atoms with Crippen molar-refractivity contribution in [2.24, 2.45) is 0 Å². The van der Waals surface area contributed by atoms with E-state index < -0.39 is 0 Å². The second-order valence-electron chi connectivity index (χ2n) is 5.67. The zero-order chi connectivity index (χ0) is 16.8. The number of benzene rings is 1. The highest BCUT2D eigenvalue weighted by Gasteiger charge is 2.19. The van der Waals surface area contributed by atoms with Crippen LogP contribution in [0.1, 0.15) is 23.0 Å². The second-order valence-corrected chi connectivity index (χ2v) is 5.67. The summed E-state index contributed by atoms with van der Waals surface area (Å²) in [6.45, 7) is 6.12. The summed E-state index contributed by atoms with van der Waals surface area (Å²) in [6, 6.07) is 11.8. The normalized spacial score (nSPS) is 14.5. The summed E-state index contributed by atoms with van der Waals surface area (Å²) in [5.41, 5.74) is 1.54. The first-order valence-corrected chi connectivity index (χ1v) is 8.26. The molecule has 1 amide bonds. The minimum Gasteiger partial charge on any atom is -0.378 e. The summed E-state index contributed by atoms with van der Waals surface area (Å²) in [5.74, 6) is 0.714. The fourth-order valence-corrected chi connectivity index (χ4v) is 2.72. The molecule has 0 radical (unpaired) electrons. The van der Waals surface area contributed by atoms with Crippen molar-refractivity contribution in [1.29, 1.82) is 0 Å². The van der Waals surface area contributed by atoms with Gasteiger partial charge in [-0.3, -0.25) is 4.79 Å². The number of nitrogens with zero attached hydrogens (tertiary/aromatic N) is 4. The fraction of sp³-hybridized carbons (Fsp3) is 0.389. The zero-order valence-corrected chi connectivity index (χ0v) is 13.9. The third-order valence-corrected chi connectivity index (χ3v) is 4.09. The Labute approximate surface area is 142 Å². The minimum atomic E-state index is -0.0711. The maximum absolute atomic E-state index is 12.8. The van der Waals surface area contributed by atoms with Gasteiger partial charge in [-0.05, 0) is 12.5 Å². The largest absolute Gasteiger partial charge is 0.378 e. The van der Waals surface area contributed by atoms with Gasteiger partial charge >= 0.3 is 0 Å². The molecule has 24 heavy (non-hydrogen) atoms. The molecule has 126 valence electrons. The Bertz CT molecular complexity index is 672. The number of rotatable bonds is 5. The third kappa shape index (κ3) is 3.89. The van der Waals surface area contributed by atoms with Crippen LogP contribution in [0.3, 0.4) is 0 Å². The molecule has 1 aromatic carbocycles. The molecule has 3 rings (SSSR count). The number of carbonyl (C=O) groups is 1. The summed E-state index contributed by atoms with van der Waals surface area (Å²) in [6.07, 6.45) is 1.47. The molecule has 2 heterocycles. The summed E-state index contributed by atoms with van der Waals surface area (Å²) < 4.78 is 5.36. The summed E-state index contributed by atoms with van der Waals surface area (Å²) in [4.78, 5) is 25.2. The van der Waals surface area contributed by atoms with Crippen molar-refractivity contribution >= 4 is 11.7 Å². The van der Waals surface area contributed by atoms with Gasteiger partial charge in [0.2, 0.25) is 0 Å². The standard InChI is InChI=1S/C18H22N4O2/c1-2-21(13-15-6-4-3-5-7-15)18(23)16-12-17(20-14-19-16)22-8-10-24-11-9-22/h3-7,12,14H,2,8-11,13H2,1H3. The van der Waals surface area contributed by atoms with Gasteiger partial charge in [-0.2, -0.15) is 0 Å². The molecule has 1 saturated heterocycles. The molecule has 1 aromatic heterocycles. The number of aromatic nitrogens is 2. The molecule has 0 aliphatic carbocycles. The van der Waals surface area contributed by atoms with Crippen molar-refractivity contribution < 1.29 is 9.53 Å². The Hall–Kier alpha value is -2.47. The van der Waals surface area contributed by atoms with Crippen LogP contribution in [0.2, 0.25) is 0 Å². The van der Waals surface area contributed by atoms with Crippen molar-refractivity contribution in [3.05, 3.63) is 54.0 Å². The second kappa shape index (κ2) is 7.88. The molecule has 0 spiro atoms. The topological polar surface area (TPSA) is 58.6 Å². The van der Waals surface area contributed by atoms with Crippen molar-refractivity contribution in [2.75, 3.05) is 37.7 Å². The van der Waals surface area contributed by atoms with Gasteiger partial charge in [-0.15, -0.1) is 0 Å². The molecule has 6 nitrogen and oxygen atoms in total. The Kier molecular flexibility index (Phi) is 5.38.